The highest BCUT2D eigenvalue weighted by Gasteiger charge is 2.76. The molecule has 2 atom stereocenters. The first kappa shape index (κ1) is 13.8. The van der Waals surface area contributed by atoms with Crippen LogP contribution in [0.4, 0.5) is 5.69 Å². The molecule has 4 rings (SSSR count). The molecule has 0 bridgehead atoms. The Hall–Kier alpha value is -0.830. The van der Waals surface area contributed by atoms with Crippen molar-refractivity contribution in [3.05, 3.63) is 60.2 Å². The highest BCUT2D eigenvalue weighted by atomic mass is 35.5. The molecule has 0 amide bonds. The van der Waals surface area contributed by atoms with Gasteiger partial charge in [-0.1, -0.05) is 72.6 Å². The van der Waals surface area contributed by atoms with Gasteiger partial charge in [0.15, 0.2) is 0 Å². The minimum atomic E-state index is -0.875. The lowest BCUT2D eigenvalue weighted by Crippen LogP contribution is -2.21. The SMILES string of the molecule is CC1CC2(c3ccccc3)N(c3ccccc3S1)C2(Cl)Cl. The minimum absolute atomic E-state index is 0.323. The molecule has 1 nitrogen and oxygen atoms in total. The number of halogens is 2. The van der Waals surface area contributed by atoms with E-state index in [9.17, 15) is 0 Å². The van der Waals surface area contributed by atoms with Crippen molar-refractivity contribution in [3.8, 4) is 0 Å². The first-order chi connectivity index (χ1) is 10.1. The Balaban J connectivity index is 1.93. The van der Waals surface area contributed by atoms with Gasteiger partial charge in [-0.3, -0.25) is 0 Å². The zero-order chi connectivity index (χ0) is 14.7. The first-order valence-corrected chi connectivity index (χ1v) is 8.70. The molecule has 0 aromatic heterocycles. The average Bonchev–Trinajstić information content (AvgIpc) is 3.01. The van der Waals surface area contributed by atoms with Crippen molar-refractivity contribution in [1.82, 2.24) is 0 Å². The van der Waals surface area contributed by atoms with Crippen LogP contribution >= 0.6 is 35.0 Å². The molecule has 1 fully saturated rings. The molecule has 2 aliphatic heterocycles. The van der Waals surface area contributed by atoms with Crippen LogP contribution in [0.25, 0.3) is 0 Å². The second-order valence-electron chi connectivity index (χ2n) is 5.70. The maximum absolute atomic E-state index is 6.75. The summed E-state index contributed by atoms with van der Waals surface area (Å²) in [5.41, 5.74) is 2.01. The van der Waals surface area contributed by atoms with Gasteiger partial charge < -0.3 is 4.90 Å². The Bertz CT molecular complexity index is 688. The number of anilines is 1. The molecule has 21 heavy (non-hydrogen) atoms. The number of nitrogens with zero attached hydrogens (tertiary/aromatic N) is 1. The van der Waals surface area contributed by atoms with Gasteiger partial charge in [-0.15, -0.1) is 11.8 Å². The number of benzene rings is 2. The van der Waals surface area contributed by atoms with Crippen LogP contribution in [0.15, 0.2) is 59.5 Å². The van der Waals surface area contributed by atoms with Crippen LogP contribution in [0.3, 0.4) is 0 Å². The molecule has 4 heteroatoms. The molecule has 0 aliphatic carbocycles. The summed E-state index contributed by atoms with van der Waals surface area (Å²) in [5.74, 6) is 0. The minimum Gasteiger partial charge on any atom is -0.322 e. The molecule has 0 spiro atoms. The molecule has 2 unspecified atom stereocenters. The first-order valence-electron chi connectivity index (χ1n) is 7.07. The Kier molecular flexibility index (Phi) is 3.01. The average molecular weight is 336 g/mol. The number of hydrogen-bond donors (Lipinski definition) is 0. The van der Waals surface area contributed by atoms with Crippen molar-refractivity contribution in [2.75, 3.05) is 4.90 Å². The van der Waals surface area contributed by atoms with Gasteiger partial charge in [0.25, 0.3) is 0 Å². The van der Waals surface area contributed by atoms with Crippen LogP contribution in [-0.2, 0) is 5.54 Å². The van der Waals surface area contributed by atoms with Gasteiger partial charge in [-0.05, 0) is 24.1 Å². The predicted molar refractivity (Wildman–Crippen MR) is 91.4 cm³/mol. The van der Waals surface area contributed by atoms with Crippen LogP contribution < -0.4 is 4.90 Å². The largest absolute Gasteiger partial charge is 0.322 e. The third-order valence-electron chi connectivity index (χ3n) is 4.38. The number of thioether (sulfide) groups is 1. The fraction of sp³-hybridized carbons (Fsp3) is 0.294. The summed E-state index contributed by atoms with van der Waals surface area (Å²) in [6, 6.07) is 18.8. The van der Waals surface area contributed by atoms with E-state index in [2.05, 4.69) is 54.3 Å². The summed E-state index contributed by atoms with van der Waals surface area (Å²) in [6.45, 7) is 2.25. The van der Waals surface area contributed by atoms with E-state index in [1.54, 1.807) is 0 Å². The molecule has 1 saturated heterocycles. The molecule has 0 radical (unpaired) electrons. The van der Waals surface area contributed by atoms with E-state index >= 15 is 0 Å². The quantitative estimate of drug-likeness (QED) is 0.389. The number of fused-ring (bicyclic) bond motifs is 3. The summed E-state index contributed by atoms with van der Waals surface area (Å²) in [4.78, 5) is 3.43. The topological polar surface area (TPSA) is 3.01 Å². The molecule has 108 valence electrons. The number of para-hydroxylation sites is 1. The van der Waals surface area contributed by atoms with Crippen LogP contribution in [-0.4, -0.2) is 9.71 Å². The van der Waals surface area contributed by atoms with Gasteiger partial charge in [0.1, 0.15) is 5.54 Å². The standard InChI is InChI=1S/C17H15Cl2NS/c1-12-11-16(13-7-3-2-4-8-13)17(18,19)20(16)14-9-5-6-10-15(14)21-12/h2-10,12H,11H2,1H3. The van der Waals surface area contributed by atoms with E-state index in [0.717, 1.165) is 12.1 Å². The number of alkyl halides is 2. The van der Waals surface area contributed by atoms with Crippen molar-refractivity contribution in [3.63, 3.8) is 0 Å². The summed E-state index contributed by atoms with van der Waals surface area (Å²) >= 11 is 15.4. The van der Waals surface area contributed by atoms with Crippen LogP contribution in [0.5, 0.6) is 0 Å². The smallest absolute Gasteiger partial charge is 0.219 e. The molecular formula is C17H15Cl2NS. The van der Waals surface area contributed by atoms with E-state index in [0.29, 0.717) is 5.25 Å². The highest BCUT2D eigenvalue weighted by molar-refractivity contribution is 8.00. The molecule has 0 N–H and O–H groups in total. The van der Waals surface area contributed by atoms with Crippen molar-refractivity contribution in [2.24, 2.45) is 0 Å². The normalized spacial score (nSPS) is 29.3. The zero-order valence-corrected chi connectivity index (χ0v) is 13.9. The Morgan fingerprint density at radius 1 is 1.05 bits per heavy atom. The lowest BCUT2D eigenvalue weighted by molar-refractivity contribution is 0.610. The Labute approximate surface area is 139 Å². The van der Waals surface area contributed by atoms with Crippen molar-refractivity contribution in [1.29, 1.82) is 0 Å². The Morgan fingerprint density at radius 2 is 1.71 bits per heavy atom. The van der Waals surface area contributed by atoms with Gasteiger partial charge >= 0.3 is 0 Å². The lowest BCUT2D eigenvalue weighted by Gasteiger charge is -2.18. The third-order valence-corrected chi connectivity index (χ3v) is 6.51. The zero-order valence-electron chi connectivity index (χ0n) is 11.6. The van der Waals surface area contributed by atoms with Gasteiger partial charge in [0, 0.05) is 10.1 Å². The summed E-state index contributed by atoms with van der Waals surface area (Å²) < 4.78 is -0.875. The number of rotatable bonds is 1. The van der Waals surface area contributed by atoms with Gasteiger partial charge in [0.05, 0.1) is 5.69 Å². The maximum atomic E-state index is 6.75. The number of hydrogen-bond acceptors (Lipinski definition) is 2. The Morgan fingerprint density at radius 3 is 2.48 bits per heavy atom. The molecule has 2 aliphatic rings. The lowest BCUT2D eigenvalue weighted by atomic mass is 9.93. The maximum Gasteiger partial charge on any atom is 0.219 e. The molecule has 2 aromatic carbocycles. The van der Waals surface area contributed by atoms with E-state index < -0.39 is 4.46 Å². The van der Waals surface area contributed by atoms with Crippen molar-refractivity contribution in [2.45, 2.75) is 33.5 Å². The molecule has 0 saturated carbocycles. The molecular weight excluding hydrogens is 321 g/mol. The fourth-order valence-electron chi connectivity index (χ4n) is 3.47. The van der Waals surface area contributed by atoms with E-state index in [-0.39, 0.29) is 5.54 Å². The van der Waals surface area contributed by atoms with Crippen molar-refractivity contribution >= 4 is 40.7 Å². The summed E-state index contributed by atoms with van der Waals surface area (Å²) in [7, 11) is 0. The fourth-order valence-corrected chi connectivity index (χ4v) is 5.59. The van der Waals surface area contributed by atoms with Crippen LogP contribution in [0, 0.1) is 0 Å². The summed E-state index contributed by atoms with van der Waals surface area (Å²) in [5, 5.41) is 0.454. The molecule has 2 heterocycles. The van der Waals surface area contributed by atoms with Gasteiger partial charge in [-0.25, -0.2) is 0 Å². The molecule has 2 aromatic rings. The van der Waals surface area contributed by atoms with E-state index in [4.69, 9.17) is 23.2 Å². The predicted octanol–water partition coefficient (Wildman–Crippen LogP) is 5.42. The van der Waals surface area contributed by atoms with Crippen LogP contribution in [0.1, 0.15) is 18.9 Å². The van der Waals surface area contributed by atoms with E-state index in [1.807, 2.05) is 23.9 Å². The second kappa shape index (κ2) is 4.58. The summed E-state index contributed by atoms with van der Waals surface area (Å²) in [6.07, 6.45) is 0.934. The van der Waals surface area contributed by atoms with Crippen LogP contribution in [0.2, 0.25) is 0 Å². The third kappa shape index (κ3) is 1.79. The van der Waals surface area contributed by atoms with E-state index in [1.165, 1.54) is 10.5 Å². The second-order valence-corrected chi connectivity index (χ2v) is 8.47. The van der Waals surface area contributed by atoms with Crippen molar-refractivity contribution < 1.29 is 0 Å². The van der Waals surface area contributed by atoms with Gasteiger partial charge in [0.2, 0.25) is 4.46 Å². The monoisotopic (exact) mass is 335 g/mol. The highest BCUT2D eigenvalue weighted by Crippen LogP contribution is 2.71. The van der Waals surface area contributed by atoms with Gasteiger partial charge in [-0.2, -0.15) is 0 Å².